The predicted molar refractivity (Wildman–Crippen MR) is 74.0 cm³/mol. The van der Waals surface area contributed by atoms with Crippen molar-refractivity contribution in [3.63, 3.8) is 0 Å². The molecule has 0 saturated heterocycles. The molecule has 2 aliphatic carbocycles. The number of aryl methyl sites for hydroxylation is 1. The Balaban J connectivity index is 2.27. The van der Waals surface area contributed by atoms with Gasteiger partial charge in [-0.25, -0.2) is 0 Å². The summed E-state index contributed by atoms with van der Waals surface area (Å²) in [6.07, 6.45) is 9.14. The molecule has 2 aromatic carbocycles. The summed E-state index contributed by atoms with van der Waals surface area (Å²) in [5.41, 5.74) is 7.28. The lowest BCUT2D eigenvalue weighted by Gasteiger charge is -2.23. The van der Waals surface area contributed by atoms with Gasteiger partial charge in [0.25, 0.3) is 0 Å². The smallest absolute Gasteiger partial charge is 0.00647 e. The Kier molecular flexibility index (Phi) is 1.69. The van der Waals surface area contributed by atoms with E-state index in [2.05, 4.69) is 49.4 Å². The van der Waals surface area contributed by atoms with Crippen LogP contribution in [0, 0.1) is 6.92 Å². The molecule has 2 aromatic rings. The van der Waals surface area contributed by atoms with Crippen LogP contribution in [0.1, 0.15) is 28.7 Å². The lowest BCUT2D eigenvalue weighted by Crippen LogP contribution is -2.03. The third-order valence-electron chi connectivity index (χ3n) is 4.04. The topological polar surface area (TPSA) is 0 Å². The zero-order valence-electron chi connectivity index (χ0n) is 9.96. The van der Waals surface area contributed by atoms with Gasteiger partial charge in [0.1, 0.15) is 0 Å². The van der Waals surface area contributed by atoms with E-state index in [1.54, 1.807) is 0 Å². The van der Waals surface area contributed by atoms with E-state index >= 15 is 0 Å². The first-order valence-electron chi connectivity index (χ1n) is 6.26. The fraction of sp³-hybridized carbons (Fsp3) is 0.176. The Morgan fingerprint density at radius 2 is 1.94 bits per heavy atom. The van der Waals surface area contributed by atoms with Gasteiger partial charge in [0.15, 0.2) is 0 Å². The lowest BCUT2D eigenvalue weighted by molar-refractivity contribution is 1.22. The summed E-state index contributed by atoms with van der Waals surface area (Å²) in [6, 6.07) is 9.10. The van der Waals surface area contributed by atoms with Crippen LogP contribution in [0.25, 0.3) is 22.4 Å². The highest BCUT2D eigenvalue weighted by atomic mass is 14.2. The zero-order valence-corrected chi connectivity index (χ0v) is 9.96. The van der Waals surface area contributed by atoms with Crippen molar-refractivity contribution in [2.24, 2.45) is 0 Å². The normalized spacial score (nSPS) is 16.2. The molecular weight excluding hydrogens is 204 g/mol. The third kappa shape index (κ3) is 1.13. The molecule has 0 heteroatoms. The Labute approximate surface area is 101 Å². The highest BCUT2D eigenvalue weighted by molar-refractivity contribution is 6.03. The maximum absolute atomic E-state index is 2.40. The summed E-state index contributed by atoms with van der Waals surface area (Å²) in [4.78, 5) is 0. The number of rotatable bonds is 0. The molecule has 0 unspecified atom stereocenters. The van der Waals surface area contributed by atoms with Crippen molar-refractivity contribution in [3.05, 3.63) is 58.7 Å². The van der Waals surface area contributed by atoms with Crippen molar-refractivity contribution in [1.82, 2.24) is 0 Å². The molecule has 0 amide bonds. The highest BCUT2D eigenvalue weighted by Gasteiger charge is 2.19. The Hall–Kier alpha value is -1.82. The van der Waals surface area contributed by atoms with Crippen molar-refractivity contribution >= 4 is 22.4 Å². The van der Waals surface area contributed by atoms with Crippen molar-refractivity contribution in [3.8, 4) is 0 Å². The van der Waals surface area contributed by atoms with Crippen LogP contribution in [0.5, 0.6) is 0 Å². The van der Waals surface area contributed by atoms with Crippen LogP contribution in [0.4, 0.5) is 0 Å². The van der Waals surface area contributed by atoms with Crippen LogP contribution in [-0.4, -0.2) is 0 Å². The minimum atomic E-state index is 1.09. The Morgan fingerprint density at radius 1 is 1.00 bits per heavy atom. The first kappa shape index (κ1) is 9.23. The quantitative estimate of drug-likeness (QED) is 0.610. The zero-order chi connectivity index (χ0) is 11.4. The number of benzene rings is 2. The van der Waals surface area contributed by atoms with Crippen LogP contribution in [-0.2, 0) is 6.42 Å². The minimum absolute atomic E-state index is 1.09. The fourth-order valence-corrected chi connectivity index (χ4v) is 3.17. The van der Waals surface area contributed by atoms with E-state index in [0.717, 1.165) is 12.8 Å². The molecule has 0 atom stereocenters. The molecule has 0 aromatic heterocycles. The third-order valence-corrected chi connectivity index (χ3v) is 4.04. The van der Waals surface area contributed by atoms with E-state index in [-0.39, 0.29) is 0 Å². The van der Waals surface area contributed by atoms with E-state index in [0.29, 0.717) is 0 Å². The molecule has 82 valence electrons. The van der Waals surface area contributed by atoms with E-state index in [1.165, 1.54) is 38.6 Å². The van der Waals surface area contributed by atoms with E-state index in [4.69, 9.17) is 0 Å². The number of allylic oxidation sites excluding steroid dienone is 3. The maximum Gasteiger partial charge on any atom is -0.00647 e. The fourth-order valence-electron chi connectivity index (χ4n) is 3.17. The van der Waals surface area contributed by atoms with Gasteiger partial charge in [0.05, 0.1) is 0 Å². The lowest BCUT2D eigenvalue weighted by atomic mass is 9.81. The minimum Gasteiger partial charge on any atom is -0.0795 e. The monoisotopic (exact) mass is 218 g/mol. The van der Waals surface area contributed by atoms with Crippen LogP contribution >= 0.6 is 0 Å². The summed E-state index contributed by atoms with van der Waals surface area (Å²) in [5, 5.41) is 2.94. The summed E-state index contributed by atoms with van der Waals surface area (Å²) in [7, 11) is 0. The first-order chi connectivity index (χ1) is 8.34. The molecular formula is C17H14. The summed E-state index contributed by atoms with van der Waals surface area (Å²) in [6.45, 7) is 2.21. The van der Waals surface area contributed by atoms with Crippen molar-refractivity contribution < 1.29 is 0 Å². The molecule has 0 nitrogen and oxygen atoms in total. The molecule has 0 saturated carbocycles. The molecule has 0 radical (unpaired) electrons. The SMILES string of the molecule is Cc1ccc2c3c4c(ccc13)C=CCC4=CC2. The van der Waals surface area contributed by atoms with E-state index in [9.17, 15) is 0 Å². The predicted octanol–water partition coefficient (Wildman–Crippen LogP) is 4.50. The second-order valence-corrected chi connectivity index (χ2v) is 5.03. The van der Waals surface area contributed by atoms with E-state index in [1.807, 2.05) is 0 Å². The van der Waals surface area contributed by atoms with Gasteiger partial charge in [-0.15, -0.1) is 0 Å². The van der Waals surface area contributed by atoms with Gasteiger partial charge in [0.2, 0.25) is 0 Å². The van der Waals surface area contributed by atoms with Crippen LogP contribution in [0.15, 0.2) is 36.4 Å². The average molecular weight is 218 g/mol. The Morgan fingerprint density at radius 3 is 2.88 bits per heavy atom. The van der Waals surface area contributed by atoms with Gasteiger partial charge in [-0.2, -0.15) is 0 Å². The second-order valence-electron chi connectivity index (χ2n) is 5.03. The van der Waals surface area contributed by atoms with Gasteiger partial charge in [0, 0.05) is 0 Å². The van der Waals surface area contributed by atoms with Crippen LogP contribution < -0.4 is 0 Å². The van der Waals surface area contributed by atoms with Gasteiger partial charge in [-0.3, -0.25) is 0 Å². The molecule has 17 heavy (non-hydrogen) atoms. The van der Waals surface area contributed by atoms with Gasteiger partial charge in [-0.05, 0) is 58.4 Å². The summed E-state index contributed by atoms with van der Waals surface area (Å²) >= 11 is 0. The summed E-state index contributed by atoms with van der Waals surface area (Å²) < 4.78 is 0. The maximum atomic E-state index is 2.40. The van der Waals surface area contributed by atoms with Gasteiger partial charge < -0.3 is 0 Å². The molecule has 0 N–H and O–H groups in total. The average Bonchev–Trinajstić information content (AvgIpc) is 2.38. The molecule has 0 aliphatic heterocycles. The van der Waals surface area contributed by atoms with Crippen LogP contribution in [0.3, 0.4) is 0 Å². The van der Waals surface area contributed by atoms with Gasteiger partial charge >= 0.3 is 0 Å². The Bertz CT molecular complexity index is 700. The number of hydrogen-bond acceptors (Lipinski definition) is 0. The second kappa shape index (κ2) is 3.10. The number of hydrogen-bond donors (Lipinski definition) is 0. The molecule has 0 spiro atoms. The molecule has 2 aliphatic rings. The van der Waals surface area contributed by atoms with Gasteiger partial charge in [-0.1, -0.05) is 42.5 Å². The van der Waals surface area contributed by atoms with E-state index < -0.39 is 0 Å². The molecule has 0 bridgehead atoms. The standard InChI is InChI=1S/C17H14/c1-11-5-6-14-8-7-12-3-2-4-13-9-10-15(11)17(14)16(12)13/h2,4-7,9-10H,3,8H2,1H3. The molecule has 0 fully saturated rings. The largest absolute Gasteiger partial charge is 0.0795 e. The molecule has 0 heterocycles. The van der Waals surface area contributed by atoms with Crippen LogP contribution in [0.2, 0.25) is 0 Å². The van der Waals surface area contributed by atoms with Crippen molar-refractivity contribution in [2.45, 2.75) is 19.8 Å². The first-order valence-corrected chi connectivity index (χ1v) is 6.26. The van der Waals surface area contributed by atoms with Crippen molar-refractivity contribution in [2.75, 3.05) is 0 Å². The van der Waals surface area contributed by atoms with Crippen molar-refractivity contribution in [1.29, 1.82) is 0 Å². The highest BCUT2D eigenvalue weighted by Crippen LogP contribution is 2.40. The summed E-state index contributed by atoms with van der Waals surface area (Å²) in [5.74, 6) is 0. The molecule has 4 rings (SSSR count).